The van der Waals surface area contributed by atoms with E-state index in [4.69, 9.17) is 14.2 Å². The molecule has 0 aliphatic carbocycles. The molecule has 1 N–H and O–H groups in total. The van der Waals surface area contributed by atoms with E-state index in [9.17, 15) is 5.11 Å². The van der Waals surface area contributed by atoms with E-state index in [1.165, 1.54) is 122 Å². The van der Waals surface area contributed by atoms with Crippen LogP contribution in [-0.2, 0) is 14.2 Å². The predicted molar refractivity (Wildman–Crippen MR) is 149 cm³/mol. The van der Waals surface area contributed by atoms with Crippen LogP contribution in [0.3, 0.4) is 0 Å². The molecule has 3 unspecified atom stereocenters. The van der Waals surface area contributed by atoms with Crippen molar-refractivity contribution in [3.63, 3.8) is 0 Å². The zero-order chi connectivity index (χ0) is 25.2. The minimum Gasteiger partial charge on any atom is -0.394 e. The van der Waals surface area contributed by atoms with Crippen LogP contribution in [0.1, 0.15) is 162 Å². The quantitative estimate of drug-likeness (QED) is 0.121. The van der Waals surface area contributed by atoms with Gasteiger partial charge in [-0.05, 0) is 12.8 Å². The lowest BCUT2D eigenvalue weighted by Gasteiger charge is -2.34. The van der Waals surface area contributed by atoms with Crippen molar-refractivity contribution in [1.29, 1.82) is 0 Å². The summed E-state index contributed by atoms with van der Waals surface area (Å²) in [4.78, 5) is 0. The largest absolute Gasteiger partial charge is 0.394 e. The van der Waals surface area contributed by atoms with Crippen LogP contribution in [-0.4, -0.2) is 43.4 Å². The van der Waals surface area contributed by atoms with Gasteiger partial charge in [0, 0.05) is 26.1 Å². The third-order valence-corrected chi connectivity index (χ3v) is 7.43. The molecule has 0 amide bonds. The Labute approximate surface area is 219 Å². The first kappa shape index (κ1) is 32.9. The summed E-state index contributed by atoms with van der Waals surface area (Å²) >= 11 is 0. The molecule has 1 fully saturated rings. The first-order valence-corrected chi connectivity index (χ1v) is 15.8. The number of hydrogen-bond donors (Lipinski definition) is 1. The second-order valence-electron chi connectivity index (χ2n) is 10.9. The summed E-state index contributed by atoms with van der Waals surface area (Å²) < 4.78 is 18.1. The zero-order valence-corrected chi connectivity index (χ0v) is 23.8. The van der Waals surface area contributed by atoms with E-state index in [2.05, 4.69) is 13.8 Å². The fraction of sp³-hybridized carbons (Fsp3) is 1.00. The third-order valence-electron chi connectivity index (χ3n) is 7.43. The van der Waals surface area contributed by atoms with Gasteiger partial charge in [-0.15, -0.1) is 0 Å². The number of aliphatic hydroxyl groups is 1. The number of ether oxygens (including phenoxy) is 3. The van der Waals surface area contributed by atoms with Gasteiger partial charge >= 0.3 is 0 Å². The van der Waals surface area contributed by atoms with Crippen LogP contribution >= 0.6 is 0 Å². The van der Waals surface area contributed by atoms with Gasteiger partial charge in [0.05, 0.1) is 18.8 Å². The average Bonchev–Trinajstić information content (AvgIpc) is 2.87. The van der Waals surface area contributed by atoms with Gasteiger partial charge in [-0.1, -0.05) is 136 Å². The van der Waals surface area contributed by atoms with Crippen molar-refractivity contribution < 1.29 is 19.3 Å². The molecule has 35 heavy (non-hydrogen) atoms. The van der Waals surface area contributed by atoms with Crippen LogP contribution in [0, 0.1) is 0 Å². The molecule has 0 aromatic carbocycles. The molecule has 0 bridgehead atoms. The highest BCUT2D eigenvalue weighted by molar-refractivity contribution is 4.74. The van der Waals surface area contributed by atoms with Gasteiger partial charge in [0.15, 0.2) is 6.29 Å². The molecule has 4 heteroatoms. The molecule has 1 aliphatic rings. The van der Waals surface area contributed by atoms with E-state index in [1.54, 1.807) is 0 Å². The monoisotopic (exact) mass is 498 g/mol. The maximum absolute atomic E-state index is 9.62. The van der Waals surface area contributed by atoms with Crippen molar-refractivity contribution in [2.24, 2.45) is 0 Å². The molecule has 1 heterocycles. The van der Waals surface area contributed by atoms with Crippen molar-refractivity contribution in [2.75, 3.05) is 19.8 Å². The highest BCUT2D eigenvalue weighted by Crippen LogP contribution is 2.24. The third kappa shape index (κ3) is 20.6. The fourth-order valence-electron chi connectivity index (χ4n) is 5.11. The van der Waals surface area contributed by atoms with Crippen LogP contribution in [0.2, 0.25) is 0 Å². The lowest BCUT2D eigenvalue weighted by Crippen LogP contribution is -2.40. The number of hydrogen-bond acceptors (Lipinski definition) is 4. The van der Waals surface area contributed by atoms with Crippen molar-refractivity contribution in [1.82, 2.24) is 0 Å². The Morgan fingerprint density at radius 3 is 1.37 bits per heavy atom. The van der Waals surface area contributed by atoms with Crippen LogP contribution in [0.5, 0.6) is 0 Å². The molecule has 0 aromatic rings. The molecule has 1 saturated heterocycles. The first-order chi connectivity index (χ1) is 17.3. The van der Waals surface area contributed by atoms with Gasteiger partial charge in [-0.25, -0.2) is 0 Å². The molecule has 1 aliphatic heterocycles. The fourth-order valence-corrected chi connectivity index (χ4v) is 5.11. The Hall–Kier alpha value is -0.160. The second-order valence-corrected chi connectivity index (χ2v) is 10.9. The molecule has 0 radical (unpaired) electrons. The number of unbranched alkanes of at least 4 members (excludes halogenated alkanes) is 19. The minimum absolute atomic E-state index is 0.0518. The lowest BCUT2D eigenvalue weighted by molar-refractivity contribution is -0.228. The molecule has 210 valence electrons. The standard InChI is InChI=1S/C31H62O4/c1-3-5-7-9-11-13-14-15-16-17-19-20-22-24-33-29-26-30(28-32)35-31(27-29)34-25-23-21-18-12-10-8-6-4-2/h29-32H,3-28H2,1-2H3. The van der Waals surface area contributed by atoms with E-state index >= 15 is 0 Å². The Balaban J connectivity index is 1.96. The van der Waals surface area contributed by atoms with Gasteiger partial charge in [-0.3, -0.25) is 0 Å². The molecular formula is C31H62O4. The molecule has 3 atom stereocenters. The lowest BCUT2D eigenvalue weighted by atomic mass is 10.0. The van der Waals surface area contributed by atoms with Gasteiger partial charge in [0.1, 0.15) is 0 Å². The molecule has 4 nitrogen and oxygen atoms in total. The molecule has 0 aromatic heterocycles. The average molecular weight is 499 g/mol. The van der Waals surface area contributed by atoms with Crippen molar-refractivity contribution in [3.8, 4) is 0 Å². The SMILES string of the molecule is CCCCCCCCCCCCCCCOC1CC(CO)OC(OCCCCCCCCCC)C1. The number of rotatable bonds is 26. The zero-order valence-electron chi connectivity index (χ0n) is 23.8. The summed E-state index contributed by atoms with van der Waals surface area (Å²) in [5.74, 6) is 0. The van der Waals surface area contributed by atoms with Crippen LogP contribution < -0.4 is 0 Å². The molecule has 0 spiro atoms. The Kier molecular flexibility index (Phi) is 23.9. The Bertz CT molecular complexity index is 417. The van der Waals surface area contributed by atoms with Crippen molar-refractivity contribution in [2.45, 2.75) is 180 Å². The van der Waals surface area contributed by atoms with Gasteiger partial charge in [-0.2, -0.15) is 0 Å². The predicted octanol–water partition coefficient (Wildman–Crippen LogP) is 9.12. The van der Waals surface area contributed by atoms with Gasteiger partial charge in [0.2, 0.25) is 0 Å². The summed E-state index contributed by atoms with van der Waals surface area (Å²) in [6, 6.07) is 0. The summed E-state index contributed by atoms with van der Waals surface area (Å²) in [6.45, 7) is 6.18. The first-order valence-electron chi connectivity index (χ1n) is 15.8. The van der Waals surface area contributed by atoms with Gasteiger partial charge < -0.3 is 19.3 Å². The highest BCUT2D eigenvalue weighted by Gasteiger charge is 2.30. The smallest absolute Gasteiger partial charge is 0.160 e. The summed E-state index contributed by atoms with van der Waals surface area (Å²) in [5, 5.41) is 9.62. The molecular weight excluding hydrogens is 436 g/mol. The summed E-state index contributed by atoms with van der Waals surface area (Å²) in [6.07, 6.45) is 29.6. The van der Waals surface area contributed by atoms with Crippen LogP contribution in [0.4, 0.5) is 0 Å². The molecule has 1 rings (SSSR count). The van der Waals surface area contributed by atoms with Crippen LogP contribution in [0.25, 0.3) is 0 Å². The maximum atomic E-state index is 9.62. The Morgan fingerprint density at radius 1 is 0.543 bits per heavy atom. The maximum Gasteiger partial charge on any atom is 0.160 e. The van der Waals surface area contributed by atoms with Crippen molar-refractivity contribution in [3.05, 3.63) is 0 Å². The van der Waals surface area contributed by atoms with Crippen molar-refractivity contribution >= 4 is 0 Å². The van der Waals surface area contributed by atoms with E-state index < -0.39 is 0 Å². The minimum atomic E-state index is -0.220. The van der Waals surface area contributed by atoms with E-state index in [0.29, 0.717) is 0 Å². The highest BCUT2D eigenvalue weighted by atomic mass is 16.7. The summed E-state index contributed by atoms with van der Waals surface area (Å²) in [5.41, 5.74) is 0. The van der Waals surface area contributed by atoms with E-state index in [-0.39, 0.29) is 25.1 Å². The summed E-state index contributed by atoms with van der Waals surface area (Å²) in [7, 11) is 0. The van der Waals surface area contributed by atoms with Crippen LogP contribution in [0.15, 0.2) is 0 Å². The van der Waals surface area contributed by atoms with E-state index in [0.717, 1.165) is 38.9 Å². The second kappa shape index (κ2) is 25.5. The van der Waals surface area contributed by atoms with E-state index in [1.807, 2.05) is 0 Å². The topological polar surface area (TPSA) is 47.9 Å². The van der Waals surface area contributed by atoms with Gasteiger partial charge in [0.25, 0.3) is 0 Å². The molecule has 0 saturated carbocycles. The normalized spacial score (nSPS) is 20.5. The Morgan fingerprint density at radius 2 is 0.943 bits per heavy atom. The number of aliphatic hydroxyl groups excluding tert-OH is 1.